The summed E-state index contributed by atoms with van der Waals surface area (Å²) in [6.45, 7) is 4.74. The van der Waals surface area contributed by atoms with E-state index in [1.165, 1.54) is 0 Å². The van der Waals surface area contributed by atoms with Crippen molar-refractivity contribution in [1.29, 1.82) is 0 Å². The normalized spacial score (nSPS) is 13.0. The summed E-state index contributed by atoms with van der Waals surface area (Å²) < 4.78 is 63.1. The third-order valence-electron chi connectivity index (χ3n) is 2.48. The maximum atomic E-state index is 11.8. The molecule has 12 heteroatoms. The largest absolute Gasteiger partial charge is 1.00 e. The van der Waals surface area contributed by atoms with Crippen molar-refractivity contribution < 1.29 is 92.6 Å². The van der Waals surface area contributed by atoms with E-state index in [0.717, 1.165) is 18.3 Å². The van der Waals surface area contributed by atoms with Crippen LogP contribution in [0.15, 0.2) is 28.0 Å². The van der Waals surface area contributed by atoms with Crippen LogP contribution in [0, 0.1) is 5.21 Å². The average Bonchev–Trinajstić information content (AvgIpc) is 2.25. The molecule has 1 aromatic rings. The molecule has 0 aliphatic heterocycles. The molecule has 1 aromatic carbocycles. The van der Waals surface area contributed by atoms with Gasteiger partial charge in [-0.2, -0.15) is 16.8 Å². The van der Waals surface area contributed by atoms with Crippen molar-refractivity contribution in [2.24, 2.45) is 0 Å². The summed E-state index contributed by atoms with van der Waals surface area (Å²) in [4.78, 5) is -1.50. The smallest absolute Gasteiger partial charge is 1.00 e. The first-order valence-corrected chi connectivity index (χ1v) is 8.51. The number of hydrogen-bond donors (Lipinski definition) is 2. The van der Waals surface area contributed by atoms with Crippen LogP contribution in [0.3, 0.4) is 0 Å². The zero-order valence-electron chi connectivity index (χ0n) is 15.5. The molecule has 0 atom stereocenters. The maximum Gasteiger partial charge on any atom is 1.00 e. The SMILES string of the molecule is CC(C)(C)[N+]([O-])=Cc1ccc(S(=O)(=O)O)cc1S(=O)(=O)O.[H-].[H-].[Na+].[Na+]. The Kier molecular flexibility index (Phi) is 9.79. The van der Waals surface area contributed by atoms with Gasteiger partial charge >= 0.3 is 59.1 Å². The fourth-order valence-corrected chi connectivity index (χ4v) is 2.60. The molecule has 0 fully saturated rings. The first-order valence-electron chi connectivity index (χ1n) is 5.63. The van der Waals surface area contributed by atoms with Crippen LogP contribution < -0.4 is 59.1 Å². The van der Waals surface area contributed by atoms with Crippen LogP contribution in [-0.2, 0) is 20.2 Å². The molecule has 122 valence electrons. The van der Waals surface area contributed by atoms with E-state index in [0.29, 0.717) is 10.8 Å². The zero-order valence-corrected chi connectivity index (χ0v) is 19.1. The van der Waals surface area contributed by atoms with Crippen LogP contribution in [0.25, 0.3) is 0 Å². The molecule has 0 aliphatic rings. The number of nitrogens with zero attached hydrogens (tertiary/aromatic N) is 1. The standard InChI is InChI=1S/C11H15NO7S2.2Na.2H/c1-11(2,3)12(13)7-8-4-5-9(20(14,15)16)6-10(8)21(17,18)19;;;;/h4-7H,1-3H3,(H,14,15,16)(H,17,18,19);;;;/q;2*+1;2*-1. The first-order chi connectivity index (χ1) is 9.23. The van der Waals surface area contributed by atoms with Gasteiger partial charge in [0.2, 0.25) is 0 Å². The second kappa shape index (κ2) is 8.75. The summed E-state index contributed by atoms with van der Waals surface area (Å²) in [5.74, 6) is 0. The maximum absolute atomic E-state index is 11.8. The molecule has 0 heterocycles. The van der Waals surface area contributed by atoms with Gasteiger partial charge < -0.3 is 8.06 Å². The van der Waals surface area contributed by atoms with Crippen molar-refractivity contribution in [2.75, 3.05) is 0 Å². The van der Waals surface area contributed by atoms with E-state index in [4.69, 9.17) is 9.11 Å². The van der Waals surface area contributed by atoms with E-state index in [9.17, 15) is 22.0 Å². The summed E-state index contributed by atoms with van der Waals surface area (Å²) in [5, 5.41) is 11.8. The van der Waals surface area contributed by atoms with Gasteiger partial charge in [0.05, 0.1) is 10.5 Å². The number of rotatable bonds is 3. The molecule has 1 rings (SSSR count). The van der Waals surface area contributed by atoms with Gasteiger partial charge in [0.25, 0.3) is 20.2 Å². The van der Waals surface area contributed by atoms with Crippen LogP contribution in [0.5, 0.6) is 0 Å². The van der Waals surface area contributed by atoms with Crippen molar-refractivity contribution in [3.8, 4) is 0 Å². The Morgan fingerprint density at radius 3 is 1.91 bits per heavy atom. The third-order valence-corrected chi connectivity index (χ3v) is 4.24. The predicted octanol–water partition coefficient (Wildman–Crippen LogP) is -4.86. The minimum absolute atomic E-state index is 0. The fourth-order valence-electron chi connectivity index (χ4n) is 1.33. The topological polar surface area (TPSA) is 135 Å². The van der Waals surface area contributed by atoms with Gasteiger partial charge in [-0.1, -0.05) is 0 Å². The van der Waals surface area contributed by atoms with E-state index in [1.54, 1.807) is 20.8 Å². The monoisotopic (exact) mass is 385 g/mol. The number of hydrogen-bond acceptors (Lipinski definition) is 5. The molecule has 0 amide bonds. The second-order valence-electron chi connectivity index (χ2n) is 5.28. The van der Waals surface area contributed by atoms with Gasteiger partial charge in [-0.3, -0.25) is 9.11 Å². The van der Waals surface area contributed by atoms with E-state index >= 15 is 0 Å². The first kappa shape index (κ1) is 25.7. The van der Waals surface area contributed by atoms with Gasteiger partial charge in [-0.15, -0.1) is 0 Å². The summed E-state index contributed by atoms with van der Waals surface area (Å²) in [6.07, 6.45) is 0.914. The molecule has 0 saturated heterocycles. The summed E-state index contributed by atoms with van der Waals surface area (Å²) in [6, 6.07) is 2.50. The molecule has 0 aromatic heterocycles. The summed E-state index contributed by atoms with van der Waals surface area (Å²) >= 11 is 0. The zero-order chi connectivity index (χ0) is 16.6. The second-order valence-corrected chi connectivity index (χ2v) is 8.09. The Labute approximate surface area is 182 Å². The Morgan fingerprint density at radius 2 is 1.57 bits per heavy atom. The molecule has 0 bridgehead atoms. The summed E-state index contributed by atoms with van der Waals surface area (Å²) in [7, 11) is -9.42. The van der Waals surface area contributed by atoms with E-state index in [1.807, 2.05) is 0 Å². The van der Waals surface area contributed by atoms with Gasteiger partial charge in [-0.05, 0) is 18.2 Å². The Balaban J connectivity index is -0.000000551. The van der Waals surface area contributed by atoms with Crippen molar-refractivity contribution in [3.05, 3.63) is 29.0 Å². The van der Waals surface area contributed by atoms with Crippen molar-refractivity contribution in [2.45, 2.75) is 36.1 Å². The molecular formula is C11H17NNa2O7S2. The molecule has 8 nitrogen and oxygen atoms in total. The van der Waals surface area contributed by atoms with Gasteiger partial charge in [0, 0.05) is 20.8 Å². The van der Waals surface area contributed by atoms with Gasteiger partial charge in [-0.25, -0.2) is 4.74 Å². The predicted molar refractivity (Wildman–Crippen MR) is 76.8 cm³/mol. The molecule has 0 radical (unpaired) electrons. The summed E-state index contributed by atoms with van der Waals surface area (Å²) in [5.41, 5.74) is -1.06. The Bertz CT molecular complexity index is 806. The molecule has 23 heavy (non-hydrogen) atoms. The van der Waals surface area contributed by atoms with E-state index in [-0.39, 0.29) is 67.5 Å². The van der Waals surface area contributed by atoms with Crippen molar-refractivity contribution in [3.63, 3.8) is 0 Å². The fraction of sp³-hybridized carbons (Fsp3) is 0.364. The molecule has 2 N–H and O–H groups in total. The van der Waals surface area contributed by atoms with Crippen molar-refractivity contribution in [1.82, 2.24) is 0 Å². The van der Waals surface area contributed by atoms with E-state index < -0.39 is 35.6 Å². The molecule has 0 aliphatic carbocycles. The Morgan fingerprint density at radius 1 is 1.09 bits per heavy atom. The van der Waals surface area contributed by atoms with Crippen LogP contribution in [0.2, 0.25) is 0 Å². The number of benzene rings is 1. The van der Waals surface area contributed by atoms with Gasteiger partial charge in [0.15, 0.2) is 11.8 Å². The van der Waals surface area contributed by atoms with Crippen LogP contribution in [0.1, 0.15) is 29.2 Å². The minimum atomic E-state index is -4.78. The van der Waals surface area contributed by atoms with E-state index in [2.05, 4.69) is 0 Å². The Hall–Kier alpha value is 0.510. The molecule has 0 unspecified atom stereocenters. The number of hydroxylamine groups is 1. The van der Waals surface area contributed by atoms with Crippen LogP contribution in [-0.4, -0.2) is 42.4 Å². The molecule has 0 saturated carbocycles. The average molecular weight is 385 g/mol. The minimum Gasteiger partial charge on any atom is -1.00 e. The van der Waals surface area contributed by atoms with Gasteiger partial charge in [0.1, 0.15) is 4.90 Å². The van der Waals surface area contributed by atoms with Crippen LogP contribution in [0.4, 0.5) is 0 Å². The molecular weight excluding hydrogens is 368 g/mol. The quantitative estimate of drug-likeness (QED) is 0.133. The third kappa shape index (κ3) is 7.51. The van der Waals surface area contributed by atoms with Crippen molar-refractivity contribution >= 4 is 26.5 Å². The van der Waals surface area contributed by atoms with Crippen LogP contribution >= 0.6 is 0 Å². The molecule has 0 spiro atoms.